The van der Waals surface area contributed by atoms with Crippen molar-refractivity contribution < 1.29 is 0 Å². The topological polar surface area (TPSA) is 17.3 Å². The third-order valence-electron chi connectivity index (χ3n) is 3.96. The van der Waals surface area contributed by atoms with Gasteiger partial charge in [0.15, 0.2) is 5.69 Å². The molecule has 0 bridgehead atoms. The van der Waals surface area contributed by atoms with Crippen LogP contribution in [0.25, 0.3) is 0 Å². The summed E-state index contributed by atoms with van der Waals surface area (Å²) in [5.74, 6) is 0. The Labute approximate surface area is 131 Å². The summed E-state index contributed by atoms with van der Waals surface area (Å²) in [5.41, 5.74) is 3.71. The highest BCUT2D eigenvalue weighted by molar-refractivity contribution is 5.59. The van der Waals surface area contributed by atoms with E-state index in [0.29, 0.717) is 0 Å². The minimum atomic E-state index is 1.06. The average Bonchev–Trinajstić information content (AvgIpc) is 2.48. The van der Waals surface area contributed by atoms with Gasteiger partial charge in [0.2, 0.25) is 0 Å². The molecule has 117 valence electrons. The van der Waals surface area contributed by atoms with E-state index < -0.39 is 0 Å². The van der Waals surface area contributed by atoms with Crippen LogP contribution in [0.15, 0.2) is 18.2 Å². The van der Waals surface area contributed by atoms with Crippen LogP contribution in [-0.4, -0.2) is 24.3 Å². The molecule has 0 aliphatic heterocycles. The van der Waals surface area contributed by atoms with Crippen molar-refractivity contribution in [1.82, 2.24) is 9.89 Å². The Kier molecular flexibility index (Phi) is 8.80. The molecule has 0 atom stereocenters. The van der Waals surface area contributed by atoms with Crippen molar-refractivity contribution in [2.45, 2.75) is 66.2 Å². The minimum Gasteiger partial charge on any atom is -0.265 e. The lowest BCUT2D eigenvalue weighted by atomic mass is 10.1. The fraction of sp³-hybridized carbons (Fsp3) is 0.632. The summed E-state index contributed by atoms with van der Waals surface area (Å²) in [6, 6.07) is 6.43. The van der Waals surface area contributed by atoms with Gasteiger partial charge in [-0.3, -0.25) is 4.90 Å². The van der Waals surface area contributed by atoms with E-state index in [-0.39, 0.29) is 0 Å². The molecule has 0 aromatic heterocycles. The highest BCUT2D eigenvalue weighted by atomic mass is 15.1. The largest absolute Gasteiger partial charge is 0.282 e. The molecule has 0 fully saturated rings. The van der Waals surface area contributed by atoms with E-state index in [4.69, 9.17) is 0 Å². The zero-order valence-corrected chi connectivity index (χ0v) is 14.4. The van der Waals surface area contributed by atoms with E-state index in [9.17, 15) is 0 Å². The maximum absolute atomic E-state index is 4.67. The number of hydrogen-bond acceptors (Lipinski definition) is 1. The first-order valence-electron chi connectivity index (χ1n) is 8.52. The second-order valence-electron chi connectivity index (χ2n) is 5.96. The van der Waals surface area contributed by atoms with E-state index in [1.54, 1.807) is 0 Å². The molecular formula is C19H32N2+. The molecular weight excluding hydrogens is 256 g/mol. The number of benzene rings is 1. The van der Waals surface area contributed by atoms with Crippen LogP contribution in [0.5, 0.6) is 0 Å². The van der Waals surface area contributed by atoms with Crippen LogP contribution < -0.4 is 4.99 Å². The molecule has 2 nitrogen and oxygen atoms in total. The fourth-order valence-electron chi connectivity index (χ4n) is 2.31. The van der Waals surface area contributed by atoms with Crippen LogP contribution in [0.1, 0.15) is 63.5 Å². The summed E-state index contributed by atoms with van der Waals surface area (Å²) < 4.78 is 0. The third kappa shape index (κ3) is 7.31. The molecule has 0 heterocycles. The van der Waals surface area contributed by atoms with E-state index in [2.05, 4.69) is 62.1 Å². The molecule has 1 aromatic rings. The summed E-state index contributed by atoms with van der Waals surface area (Å²) in [7, 11) is 0. The molecule has 1 rings (SSSR count). The van der Waals surface area contributed by atoms with Crippen molar-refractivity contribution >= 4 is 12.0 Å². The number of aliphatic imine (C=N–C) groups is 1. The molecule has 1 aromatic carbocycles. The first-order valence-corrected chi connectivity index (χ1v) is 8.52. The van der Waals surface area contributed by atoms with Gasteiger partial charge in [0.25, 0.3) is 6.34 Å². The number of aryl methyl sites for hydroxylation is 2. The van der Waals surface area contributed by atoms with Crippen LogP contribution in [0.2, 0.25) is 0 Å². The molecule has 0 amide bonds. The van der Waals surface area contributed by atoms with Crippen molar-refractivity contribution in [3.8, 4) is 0 Å². The van der Waals surface area contributed by atoms with Crippen LogP contribution in [0.4, 0.5) is 5.69 Å². The maximum Gasteiger partial charge on any atom is 0.282 e. The van der Waals surface area contributed by atoms with Gasteiger partial charge in [0.05, 0.1) is 13.1 Å². The summed E-state index contributed by atoms with van der Waals surface area (Å²) in [6.07, 6.45) is 9.75. The van der Waals surface area contributed by atoms with Gasteiger partial charge in [-0.2, -0.15) is 0 Å². The van der Waals surface area contributed by atoms with E-state index >= 15 is 0 Å². The van der Waals surface area contributed by atoms with Gasteiger partial charge < -0.3 is 0 Å². The van der Waals surface area contributed by atoms with Gasteiger partial charge in [0, 0.05) is 0 Å². The first kappa shape index (κ1) is 17.7. The monoisotopic (exact) mass is 288 g/mol. The molecule has 0 aliphatic carbocycles. The molecule has 0 spiro atoms. The van der Waals surface area contributed by atoms with E-state index in [1.165, 1.54) is 49.7 Å². The van der Waals surface area contributed by atoms with Crippen molar-refractivity contribution in [3.63, 3.8) is 0 Å². The van der Waals surface area contributed by atoms with Crippen LogP contribution >= 0.6 is 0 Å². The number of hydrogen-bond donors (Lipinski definition) is 0. The summed E-state index contributed by atoms with van der Waals surface area (Å²) in [5, 5.41) is 0. The lowest BCUT2D eigenvalue weighted by Crippen LogP contribution is -2.26. The number of rotatable bonds is 10. The highest BCUT2D eigenvalue weighted by Crippen LogP contribution is 2.12. The zero-order chi connectivity index (χ0) is 15.5. The minimum absolute atomic E-state index is 1.06. The summed E-state index contributed by atoms with van der Waals surface area (Å²) >= 11 is 0. The highest BCUT2D eigenvalue weighted by Gasteiger charge is 2.08. The van der Waals surface area contributed by atoms with Crippen molar-refractivity contribution in [1.29, 1.82) is 0 Å². The standard InChI is InChI=1S/C19H32N2/c1-5-7-9-13-21(14-10-8-6-2)16-20-19-12-11-17(3)18(4)15-19/h11-12,15-16H,5-10,13-14H2,1-4H3/q+1. The third-order valence-corrected chi connectivity index (χ3v) is 3.96. The van der Waals surface area contributed by atoms with Gasteiger partial charge in [-0.15, -0.1) is 0 Å². The number of unbranched alkanes of at least 4 members (excludes halogenated alkanes) is 4. The van der Waals surface area contributed by atoms with Crippen molar-refractivity contribution in [3.05, 3.63) is 29.3 Å². The molecule has 0 N–H and O–H groups in total. The second-order valence-corrected chi connectivity index (χ2v) is 5.96. The quantitative estimate of drug-likeness (QED) is 0.337. The normalized spacial score (nSPS) is 11.2. The van der Waals surface area contributed by atoms with Gasteiger partial charge in [-0.1, -0.05) is 37.7 Å². The van der Waals surface area contributed by atoms with E-state index in [0.717, 1.165) is 18.8 Å². The average molecular weight is 288 g/mol. The lowest BCUT2D eigenvalue weighted by Gasteiger charge is -2.11. The Morgan fingerprint density at radius 2 is 1.52 bits per heavy atom. The first-order chi connectivity index (χ1) is 10.2. The SMILES string of the molecule is CCCCCN(C=[N+]c1ccc(C)c(C)c1)CCCCC. The molecule has 0 saturated heterocycles. The predicted octanol–water partition coefficient (Wildman–Crippen LogP) is 4.98. The van der Waals surface area contributed by atoms with Crippen molar-refractivity contribution in [2.24, 2.45) is 0 Å². The Balaban J connectivity index is 2.59. The molecule has 0 aliphatic rings. The van der Waals surface area contributed by atoms with Crippen LogP contribution in [-0.2, 0) is 0 Å². The Bertz CT molecular complexity index is 414. The van der Waals surface area contributed by atoms with Crippen molar-refractivity contribution in [2.75, 3.05) is 13.1 Å². The molecule has 2 heteroatoms. The lowest BCUT2D eigenvalue weighted by molar-refractivity contribution is 0.399. The second kappa shape index (κ2) is 10.4. The fourth-order valence-corrected chi connectivity index (χ4v) is 2.31. The summed E-state index contributed by atoms with van der Waals surface area (Å²) in [4.78, 5) is 7.06. The summed E-state index contributed by atoms with van der Waals surface area (Å²) in [6.45, 7) is 11.1. The van der Waals surface area contributed by atoms with Gasteiger partial charge in [-0.05, 0) is 62.8 Å². The van der Waals surface area contributed by atoms with Gasteiger partial charge >= 0.3 is 0 Å². The molecule has 0 saturated carbocycles. The van der Waals surface area contributed by atoms with Gasteiger partial charge in [0.1, 0.15) is 0 Å². The maximum atomic E-state index is 4.67. The Morgan fingerprint density at radius 1 is 0.905 bits per heavy atom. The van der Waals surface area contributed by atoms with E-state index in [1.807, 2.05) is 0 Å². The van der Waals surface area contributed by atoms with Crippen LogP contribution in [0.3, 0.4) is 0 Å². The predicted molar refractivity (Wildman–Crippen MR) is 94.4 cm³/mol. The smallest absolute Gasteiger partial charge is 0.265 e. The molecule has 1 radical (unpaired) electrons. The molecule has 21 heavy (non-hydrogen) atoms. The Hall–Kier alpha value is -1.31. The van der Waals surface area contributed by atoms with Crippen LogP contribution in [0, 0.1) is 13.8 Å². The molecule has 0 unspecified atom stereocenters. The zero-order valence-electron chi connectivity index (χ0n) is 14.4. The Morgan fingerprint density at radius 3 is 2.05 bits per heavy atom. The van der Waals surface area contributed by atoms with Gasteiger partial charge in [-0.25, -0.2) is 0 Å². The number of nitrogens with zero attached hydrogens (tertiary/aromatic N) is 2.